The van der Waals surface area contributed by atoms with Gasteiger partial charge in [-0.05, 0) is 47.7 Å². The second kappa shape index (κ2) is 7.08. The van der Waals surface area contributed by atoms with Gasteiger partial charge in [-0.15, -0.1) is 11.3 Å². The number of thiophene rings is 1. The molecule has 0 spiro atoms. The highest BCUT2D eigenvalue weighted by molar-refractivity contribution is 8.01. The van der Waals surface area contributed by atoms with E-state index in [4.69, 9.17) is 0 Å². The van der Waals surface area contributed by atoms with Gasteiger partial charge in [-0.2, -0.15) is 0 Å². The van der Waals surface area contributed by atoms with Gasteiger partial charge < -0.3 is 5.32 Å². The zero-order valence-electron chi connectivity index (χ0n) is 11.2. The van der Waals surface area contributed by atoms with E-state index in [-0.39, 0.29) is 5.82 Å². The molecule has 2 aromatic rings. The first-order valence-electron chi connectivity index (χ1n) is 6.35. The number of hydrogen-bond donors (Lipinski definition) is 1. The average Bonchev–Trinajstić information content (AvgIpc) is 2.85. The molecule has 0 saturated heterocycles. The molecule has 0 saturated carbocycles. The lowest BCUT2D eigenvalue weighted by Crippen LogP contribution is -2.19. The summed E-state index contributed by atoms with van der Waals surface area (Å²) in [5.41, 5.74) is 1.03. The van der Waals surface area contributed by atoms with Gasteiger partial charge in [0.25, 0.3) is 0 Å². The van der Waals surface area contributed by atoms with Crippen molar-refractivity contribution in [2.45, 2.75) is 29.5 Å². The largest absolute Gasteiger partial charge is 0.312 e. The van der Waals surface area contributed by atoms with Crippen LogP contribution in [0.1, 0.15) is 19.4 Å². The Labute approximate surface area is 122 Å². The highest BCUT2D eigenvalue weighted by Gasteiger charge is 2.07. The minimum absolute atomic E-state index is 0.170. The van der Waals surface area contributed by atoms with Gasteiger partial charge in [-0.1, -0.05) is 31.7 Å². The molecule has 1 aromatic heterocycles. The lowest BCUT2D eigenvalue weighted by Gasteiger charge is -2.11. The molecule has 102 valence electrons. The number of benzene rings is 1. The summed E-state index contributed by atoms with van der Waals surface area (Å²) in [5.74, 6) is 0.429. The van der Waals surface area contributed by atoms with Crippen molar-refractivity contribution in [1.29, 1.82) is 0 Å². The fraction of sp³-hybridized carbons (Fsp3) is 0.333. The standard InChI is InChI=1S/C15H18FNS2/c1-11(2)9-17-10-12-8-13(16)5-6-14(12)19-15-4-3-7-18-15/h3-8,11,17H,9-10H2,1-2H3. The van der Waals surface area contributed by atoms with Crippen LogP contribution in [0.2, 0.25) is 0 Å². The van der Waals surface area contributed by atoms with Gasteiger partial charge in [0.05, 0.1) is 4.21 Å². The molecule has 0 fully saturated rings. The molecule has 0 atom stereocenters. The Balaban J connectivity index is 2.08. The van der Waals surface area contributed by atoms with Crippen molar-refractivity contribution in [3.8, 4) is 0 Å². The van der Waals surface area contributed by atoms with Crippen molar-refractivity contribution < 1.29 is 4.39 Å². The Morgan fingerprint density at radius 1 is 1.32 bits per heavy atom. The van der Waals surface area contributed by atoms with Crippen LogP contribution < -0.4 is 5.32 Å². The van der Waals surface area contributed by atoms with E-state index in [1.54, 1.807) is 29.2 Å². The van der Waals surface area contributed by atoms with Gasteiger partial charge in [0.15, 0.2) is 0 Å². The first-order chi connectivity index (χ1) is 9.15. The van der Waals surface area contributed by atoms with Gasteiger partial charge in [-0.25, -0.2) is 4.39 Å². The van der Waals surface area contributed by atoms with E-state index in [1.165, 1.54) is 10.3 Å². The van der Waals surface area contributed by atoms with Crippen molar-refractivity contribution in [2.75, 3.05) is 6.54 Å². The summed E-state index contributed by atoms with van der Waals surface area (Å²) in [5, 5.41) is 5.43. The maximum absolute atomic E-state index is 13.4. The predicted octanol–water partition coefficient (Wildman–Crippen LogP) is 4.78. The summed E-state index contributed by atoms with van der Waals surface area (Å²) in [6, 6.07) is 9.15. The van der Waals surface area contributed by atoms with Crippen LogP contribution in [0.3, 0.4) is 0 Å². The number of nitrogens with one attached hydrogen (secondary N) is 1. The van der Waals surface area contributed by atoms with Crippen LogP contribution in [0.4, 0.5) is 4.39 Å². The smallest absolute Gasteiger partial charge is 0.123 e. The molecule has 0 amide bonds. The summed E-state index contributed by atoms with van der Waals surface area (Å²) in [7, 11) is 0. The molecule has 0 bridgehead atoms. The Bertz CT molecular complexity index is 509. The molecular formula is C15H18FNS2. The van der Waals surface area contributed by atoms with E-state index in [9.17, 15) is 4.39 Å². The van der Waals surface area contributed by atoms with Gasteiger partial charge in [0, 0.05) is 11.4 Å². The highest BCUT2D eigenvalue weighted by Crippen LogP contribution is 2.33. The summed E-state index contributed by atoms with van der Waals surface area (Å²) in [6.07, 6.45) is 0. The molecule has 0 aliphatic rings. The molecule has 0 radical (unpaired) electrons. The zero-order valence-corrected chi connectivity index (χ0v) is 12.8. The van der Waals surface area contributed by atoms with Crippen molar-refractivity contribution in [3.63, 3.8) is 0 Å². The Morgan fingerprint density at radius 2 is 2.16 bits per heavy atom. The molecule has 0 aliphatic carbocycles. The van der Waals surface area contributed by atoms with Gasteiger partial charge in [0.2, 0.25) is 0 Å². The first-order valence-corrected chi connectivity index (χ1v) is 8.05. The molecule has 1 heterocycles. The Hall–Kier alpha value is -0.840. The van der Waals surface area contributed by atoms with Crippen molar-refractivity contribution in [1.82, 2.24) is 5.32 Å². The summed E-state index contributed by atoms with van der Waals surface area (Å²) >= 11 is 3.41. The first kappa shape index (κ1) is 14.6. The highest BCUT2D eigenvalue weighted by atomic mass is 32.2. The minimum Gasteiger partial charge on any atom is -0.312 e. The van der Waals surface area contributed by atoms with Crippen LogP contribution in [0, 0.1) is 11.7 Å². The van der Waals surface area contributed by atoms with Gasteiger partial charge in [-0.3, -0.25) is 0 Å². The Morgan fingerprint density at radius 3 is 2.84 bits per heavy atom. The van der Waals surface area contributed by atoms with Crippen LogP contribution >= 0.6 is 23.1 Å². The molecule has 1 N–H and O–H groups in total. The van der Waals surface area contributed by atoms with Gasteiger partial charge >= 0.3 is 0 Å². The average molecular weight is 295 g/mol. The second-order valence-corrected chi connectivity index (χ2v) is 7.10. The lowest BCUT2D eigenvalue weighted by molar-refractivity contribution is 0.547. The van der Waals surface area contributed by atoms with E-state index >= 15 is 0 Å². The zero-order chi connectivity index (χ0) is 13.7. The second-order valence-electron chi connectivity index (χ2n) is 4.81. The normalized spacial score (nSPS) is 11.2. The third kappa shape index (κ3) is 4.64. The predicted molar refractivity (Wildman–Crippen MR) is 81.4 cm³/mol. The molecule has 0 aliphatic heterocycles. The minimum atomic E-state index is -0.170. The number of hydrogen-bond acceptors (Lipinski definition) is 3. The molecule has 0 unspecified atom stereocenters. The van der Waals surface area contributed by atoms with Crippen molar-refractivity contribution in [3.05, 3.63) is 47.1 Å². The van der Waals surface area contributed by atoms with E-state index in [0.717, 1.165) is 17.0 Å². The maximum atomic E-state index is 13.4. The van der Waals surface area contributed by atoms with E-state index in [2.05, 4.69) is 30.6 Å². The fourth-order valence-electron chi connectivity index (χ4n) is 1.71. The van der Waals surface area contributed by atoms with Crippen LogP contribution in [0.5, 0.6) is 0 Å². The SMILES string of the molecule is CC(C)CNCc1cc(F)ccc1Sc1cccs1. The molecule has 2 rings (SSSR count). The van der Waals surface area contributed by atoms with E-state index < -0.39 is 0 Å². The van der Waals surface area contributed by atoms with Gasteiger partial charge in [0.1, 0.15) is 5.82 Å². The van der Waals surface area contributed by atoms with E-state index in [1.807, 2.05) is 12.1 Å². The molecule has 4 heteroatoms. The maximum Gasteiger partial charge on any atom is 0.123 e. The topological polar surface area (TPSA) is 12.0 Å². The summed E-state index contributed by atoms with van der Waals surface area (Å²) in [4.78, 5) is 1.13. The number of halogens is 1. The van der Waals surface area contributed by atoms with E-state index in [0.29, 0.717) is 12.5 Å². The number of rotatable bonds is 6. The fourth-order valence-corrected chi connectivity index (χ4v) is 3.55. The van der Waals surface area contributed by atoms with Crippen LogP contribution in [0.25, 0.3) is 0 Å². The quantitative estimate of drug-likeness (QED) is 0.822. The third-order valence-electron chi connectivity index (χ3n) is 2.60. The lowest BCUT2D eigenvalue weighted by atomic mass is 10.2. The Kier molecular flexibility index (Phi) is 5.43. The van der Waals surface area contributed by atoms with Crippen molar-refractivity contribution in [2.24, 2.45) is 5.92 Å². The summed E-state index contributed by atoms with van der Waals surface area (Å²) in [6.45, 7) is 5.99. The molecule has 19 heavy (non-hydrogen) atoms. The molecule has 1 aromatic carbocycles. The molecule has 1 nitrogen and oxygen atoms in total. The van der Waals surface area contributed by atoms with Crippen LogP contribution in [0.15, 0.2) is 44.8 Å². The van der Waals surface area contributed by atoms with Crippen molar-refractivity contribution >= 4 is 23.1 Å². The monoisotopic (exact) mass is 295 g/mol. The van der Waals surface area contributed by atoms with Crippen LogP contribution in [-0.4, -0.2) is 6.54 Å². The summed E-state index contributed by atoms with van der Waals surface area (Å²) < 4.78 is 14.6. The molecular weight excluding hydrogens is 277 g/mol. The third-order valence-corrected chi connectivity index (χ3v) is 4.75. The van der Waals surface area contributed by atoms with Crippen LogP contribution in [-0.2, 0) is 6.54 Å².